The number of imidazole rings is 1. The van der Waals surface area contributed by atoms with E-state index in [0.29, 0.717) is 6.54 Å². The number of nitrogens with zero attached hydrogens (tertiary/aromatic N) is 4. The fraction of sp³-hybridized carbons (Fsp3) is 0.588. The van der Waals surface area contributed by atoms with Crippen LogP contribution < -0.4 is 5.32 Å². The van der Waals surface area contributed by atoms with Gasteiger partial charge in [-0.1, -0.05) is 19.3 Å². The molecule has 8 heteroatoms. The number of amides is 4. The Kier molecular flexibility index (Phi) is 5.57. The third kappa shape index (κ3) is 4.12. The van der Waals surface area contributed by atoms with Crippen molar-refractivity contribution in [3.8, 4) is 0 Å². The molecule has 1 aliphatic carbocycles. The molecule has 2 fully saturated rings. The average molecular weight is 345 g/mol. The van der Waals surface area contributed by atoms with Gasteiger partial charge in [0.15, 0.2) is 5.92 Å². The van der Waals surface area contributed by atoms with Crippen LogP contribution in [0.3, 0.4) is 0 Å². The van der Waals surface area contributed by atoms with E-state index in [1.165, 1.54) is 11.1 Å². The Morgan fingerprint density at radius 1 is 1.24 bits per heavy atom. The first-order valence-electron chi connectivity index (χ1n) is 8.80. The lowest BCUT2D eigenvalue weighted by Gasteiger charge is -2.36. The molecule has 134 valence electrons. The quantitative estimate of drug-likeness (QED) is 0.478. The molecule has 1 N–H and O–H groups in total. The second kappa shape index (κ2) is 8.04. The predicted octanol–water partition coefficient (Wildman–Crippen LogP) is 1.37. The summed E-state index contributed by atoms with van der Waals surface area (Å²) in [6.45, 7) is 1.28. The summed E-state index contributed by atoms with van der Waals surface area (Å²) in [6, 6.07) is -0.696. The number of carbonyl (C=O) groups is 3. The van der Waals surface area contributed by atoms with Crippen molar-refractivity contribution < 1.29 is 14.4 Å². The van der Waals surface area contributed by atoms with E-state index in [1.54, 1.807) is 12.5 Å². The van der Waals surface area contributed by atoms with E-state index in [-0.39, 0.29) is 6.04 Å². The fourth-order valence-electron chi connectivity index (χ4n) is 3.37. The first-order valence-corrected chi connectivity index (χ1v) is 8.80. The number of aromatic nitrogens is 2. The minimum atomic E-state index is -1.01. The van der Waals surface area contributed by atoms with Crippen molar-refractivity contribution in [2.45, 2.75) is 51.1 Å². The largest absolute Gasteiger partial charge is 0.337 e. The van der Waals surface area contributed by atoms with Crippen molar-refractivity contribution in [3.63, 3.8) is 0 Å². The van der Waals surface area contributed by atoms with Gasteiger partial charge in [0.1, 0.15) is 0 Å². The normalized spacial score (nSPS) is 22.6. The number of carbonyl (C=O) groups excluding carboxylic acids is 3. The standard InChI is InChI=1S/C17H23N5O3/c23-15-14(11-18-7-4-9-21-10-8-19-12-21)16(24)22(17(25)20-15)13-5-2-1-3-6-13/h8,10-14H,1-7,9H2,(H,20,23,25). The van der Waals surface area contributed by atoms with E-state index < -0.39 is 23.8 Å². The lowest BCUT2D eigenvalue weighted by Crippen LogP contribution is -2.61. The molecule has 2 aliphatic rings. The lowest BCUT2D eigenvalue weighted by molar-refractivity contribution is -0.141. The van der Waals surface area contributed by atoms with Crippen LogP contribution in [0.1, 0.15) is 38.5 Å². The molecule has 0 bridgehead atoms. The van der Waals surface area contributed by atoms with E-state index in [9.17, 15) is 14.4 Å². The van der Waals surface area contributed by atoms with Gasteiger partial charge in [0, 0.05) is 37.7 Å². The number of aliphatic imine (C=N–C) groups is 1. The molecule has 1 aliphatic heterocycles. The Labute approximate surface area is 146 Å². The predicted molar refractivity (Wildman–Crippen MR) is 91.0 cm³/mol. The van der Waals surface area contributed by atoms with Crippen LogP contribution in [-0.2, 0) is 16.1 Å². The van der Waals surface area contributed by atoms with Gasteiger partial charge in [-0.25, -0.2) is 9.78 Å². The van der Waals surface area contributed by atoms with Crippen LogP contribution in [0.4, 0.5) is 4.79 Å². The molecule has 1 unspecified atom stereocenters. The Morgan fingerprint density at radius 2 is 2.04 bits per heavy atom. The molecular weight excluding hydrogens is 322 g/mol. The smallest absolute Gasteiger partial charge is 0.331 e. The summed E-state index contributed by atoms with van der Waals surface area (Å²) in [4.78, 5) is 46.2. The summed E-state index contributed by atoms with van der Waals surface area (Å²) >= 11 is 0. The van der Waals surface area contributed by atoms with Crippen molar-refractivity contribution in [2.75, 3.05) is 6.54 Å². The van der Waals surface area contributed by atoms with E-state index in [0.717, 1.165) is 45.1 Å². The maximum Gasteiger partial charge on any atom is 0.331 e. The second-order valence-electron chi connectivity index (χ2n) is 6.48. The monoisotopic (exact) mass is 345 g/mol. The zero-order chi connectivity index (χ0) is 17.6. The number of imide groups is 2. The van der Waals surface area contributed by atoms with Crippen molar-refractivity contribution >= 4 is 24.1 Å². The Morgan fingerprint density at radius 3 is 2.76 bits per heavy atom. The van der Waals surface area contributed by atoms with E-state index in [1.807, 2.05) is 10.8 Å². The number of aryl methyl sites for hydroxylation is 1. The molecular formula is C17H23N5O3. The summed E-state index contributed by atoms with van der Waals surface area (Å²) in [5.74, 6) is -2.03. The topological polar surface area (TPSA) is 96.7 Å². The molecule has 1 saturated carbocycles. The maximum absolute atomic E-state index is 12.6. The molecule has 4 amide bonds. The summed E-state index contributed by atoms with van der Waals surface area (Å²) < 4.78 is 1.94. The maximum atomic E-state index is 12.6. The van der Waals surface area contributed by atoms with Crippen molar-refractivity contribution in [3.05, 3.63) is 18.7 Å². The highest BCUT2D eigenvalue weighted by Crippen LogP contribution is 2.25. The molecule has 1 aromatic rings. The lowest BCUT2D eigenvalue weighted by atomic mass is 9.92. The van der Waals surface area contributed by atoms with Crippen LogP contribution in [0.25, 0.3) is 0 Å². The van der Waals surface area contributed by atoms with Gasteiger partial charge in [0.05, 0.1) is 6.33 Å². The van der Waals surface area contributed by atoms with Crippen LogP contribution >= 0.6 is 0 Å². The van der Waals surface area contributed by atoms with Crippen LogP contribution in [0.2, 0.25) is 0 Å². The second-order valence-corrected chi connectivity index (χ2v) is 6.48. The number of hydrogen-bond acceptors (Lipinski definition) is 5. The van der Waals surface area contributed by atoms with Gasteiger partial charge in [-0.15, -0.1) is 0 Å². The molecule has 2 heterocycles. The third-order valence-electron chi connectivity index (χ3n) is 4.69. The molecule has 3 rings (SSSR count). The van der Waals surface area contributed by atoms with Crippen LogP contribution in [-0.4, -0.2) is 51.1 Å². The first-order chi connectivity index (χ1) is 12.2. The van der Waals surface area contributed by atoms with Gasteiger partial charge >= 0.3 is 6.03 Å². The highest BCUT2D eigenvalue weighted by molar-refractivity contribution is 6.23. The van der Waals surface area contributed by atoms with Gasteiger partial charge in [-0.05, 0) is 19.3 Å². The zero-order valence-corrected chi connectivity index (χ0v) is 14.1. The van der Waals surface area contributed by atoms with E-state index in [2.05, 4.69) is 15.3 Å². The molecule has 0 spiro atoms. The third-order valence-corrected chi connectivity index (χ3v) is 4.69. The summed E-state index contributed by atoms with van der Waals surface area (Å²) in [6.07, 6.45) is 12.2. The highest BCUT2D eigenvalue weighted by Gasteiger charge is 2.42. The number of barbiturate groups is 1. The molecule has 8 nitrogen and oxygen atoms in total. The van der Waals surface area contributed by atoms with Gasteiger partial charge < -0.3 is 4.57 Å². The Hall–Kier alpha value is -2.51. The Bertz CT molecular complexity index is 649. The Balaban J connectivity index is 1.57. The first kappa shape index (κ1) is 17.3. The average Bonchev–Trinajstić information content (AvgIpc) is 3.11. The minimum absolute atomic E-state index is 0.105. The molecule has 1 atom stereocenters. The molecule has 0 aromatic carbocycles. The highest BCUT2D eigenvalue weighted by atomic mass is 16.2. The summed E-state index contributed by atoms with van der Waals surface area (Å²) in [5.41, 5.74) is 0. The molecule has 25 heavy (non-hydrogen) atoms. The fourth-order valence-corrected chi connectivity index (χ4v) is 3.37. The van der Waals surface area contributed by atoms with Gasteiger partial charge in [-0.2, -0.15) is 0 Å². The number of hydrogen-bond donors (Lipinski definition) is 1. The zero-order valence-electron chi connectivity index (χ0n) is 14.1. The summed E-state index contributed by atoms with van der Waals surface area (Å²) in [5, 5.41) is 2.29. The van der Waals surface area contributed by atoms with Gasteiger partial charge in [-0.3, -0.25) is 24.8 Å². The van der Waals surface area contributed by atoms with Crippen molar-refractivity contribution in [1.82, 2.24) is 19.8 Å². The molecule has 0 radical (unpaired) electrons. The SMILES string of the molecule is O=C1NC(=O)N(C2CCCCC2)C(=O)C1C=NCCCn1ccnc1. The number of rotatable bonds is 6. The van der Waals surface area contributed by atoms with Crippen molar-refractivity contribution in [2.24, 2.45) is 10.9 Å². The van der Waals surface area contributed by atoms with Crippen LogP contribution in [0.15, 0.2) is 23.7 Å². The van der Waals surface area contributed by atoms with Crippen LogP contribution in [0, 0.1) is 5.92 Å². The molecule has 1 saturated heterocycles. The van der Waals surface area contributed by atoms with E-state index in [4.69, 9.17) is 0 Å². The minimum Gasteiger partial charge on any atom is -0.337 e. The van der Waals surface area contributed by atoms with Gasteiger partial charge in [0.2, 0.25) is 11.8 Å². The molecule has 1 aromatic heterocycles. The number of nitrogens with one attached hydrogen (secondary N) is 1. The van der Waals surface area contributed by atoms with Crippen molar-refractivity contribution in [1.29, 1.82) is 0 Å². The summed E-state index contributed by atoms with van der Waals surface area (Å²) in [7, 11) is 0. The van der Waals surface area contributed by atoms with E-state index >= 15 is 0 Å². The van der Waals surface area contributed by atoms with Crippen LogP contribution in [0.5, 0.6) is 0 Å². The van der Waals surface area contributed by atoms with Gasteiger partial charge in [0.25, 0.3) is 0 Å². The number of urea groups is 1.